The highest BCUT2D eigenvalue weighted by Gasteiger charge is 2.31. The van der Waals surface area contributed by atoms with Gasteiger partial charge in [-0.3, -0.25) is 0 Å². The van der Waals surface area contributed by atoms with Crippen molar-refractivity contribution >= 4 is 23.2 Å². The number of hydrogen-bond donors (Lipinski definition) is 0. The molecule has 0 radical (unpaired) electrons. The third-order valence-corrected chi connectivity index (χ3v) is 7.37. The average molecular weight is 508 g/mol. The van der Waals surface area contributed by atoms with Gasteiger partial charge in [-0.05, 0) is 67.6 Å². The Hall–Kier alpha value is 0.580. The maximum atomic E-state index is 5.90. The minimum absolute atomic E-state index is 0. The van der Waals surface area contributed by atoms with E-state index in [-0.39, 0.29) is 66.8 Å². The van der Waals surface area contributed by atoms with E-state index in [0.29, 0.717) is 0 Å². The summed E-state index contributed by atoms with van der Waals surface area (Å²) in [6.45, 7) is 9.24. The number of halogens is 2. The standard InChI is InChI=1S/C11H21Cl.C10H19Cl.9CH4/c1-3-9-7-10(4-2)11(8-9)5-6-12;1-3-8-5-9(4-2)10(6-8)7-11;;;;;;;;;/h9-11H,3-8H2,1-2H3;8-10H,3-7H2,1-2H3;9*1H4. The molecule has 2 saturated carbocycles. The highest BCUT2D eigenvalue weighted by Crippen LogP contribution is 2.42. The van der Waals surface area contributed by atoms with Crippen molar-refractivity contribution in [2.24, 2.45) is 35.5 Å². The largest absolute Gasteiger partial charge is 0.127 e. The Morgan fingerprint density at radius 1 is 0.469 bits per heavy atom. The second-order valence-electron chi connectivity index (χ2n) is 7.98. The Labute approximate surface area is 222 Å². The van der Waals surface area contributed by atoms with E-state index in [1.54, 1.807) is 0 Å². The van der Waals surface area contributed by atoms with Gasteiger partial charge in [-0.25, -0.2) is 0 Å². The number of rotatable bonds is 7. The fourth-order valence-electron chi connectivity index (χ4n) is 5.02. The van der Waals surface area contributed by atoms with Crippen LogP contribution in [0.3, 0.4) is 0 Å². The van der Waals surface area contributed by atoms with Gasteiger partial charge in [0, 0.05) is 11.8 Å². The highest BCUT2D eigenvalue weighted by atomic mass is 35.5. The van der Waals surface area contributed by atoms with Gasteiger partial charge < -0.3 is 0 Å². The average Bonchev–Trinajstić information content (AvgIpc) is 3.18. The van der Waals surface area contributed by atoms with E-state index in [1.807, 2.05) is 0 Å². The number of hydrogen-bond acceptors (Lipinski definition) is 0. The summed E-state index contributed by atoms with van der Waals surface area (Å²) in [7, 11) is 0. The maximum Gasteiger partial charge on any atom is 0.0254 e. The molecular formula is C30H76Cl2. The molecule has 0 spiro atoms. The smallest absolute Gasteiger partial charge is 0.0254 e. The summed E-state index contributed by atoms with van der Waals surface area (Å²) >= 11 is 11.7. The van der Waals surface area contributed by atoms with Gasteiger partial charge in [-0.15, -0.1) is 23.2 Å². The van der Waals surface area contributed by atoms with Crippen molar-refractivity contribution in [3.63, 3.8) is 0 Å². The minimum Gasteiger partial charge on any atom is -0.127 e. The van der Waals surface area contributed by atoms with Crippen LogP contribution in [0.1, 0.15) is 152 Å². The summed E-state index contributed by atoms with van der Waals surface area (Å²) in [5.74, 6) is 7.40. The van der Waals surface area contributed by atoms with Crippen molar-refractivity contribution in [3.8, 4) is 0 Å². The predicted molar refractivity (Wildman–Crippen MR) is 167 cm³/mol. The van der Waals surface area contributed by atoms with Crippen LogP contribution in [-0.2, 0) is 0 Å². The topological polar surface area (TPSA) is 0 Å². The van der Waals surface area contributed by atoms with Gasteiger partial charge in [0.2, 0.25) is 0 Å². The van der Waals surface area contributed by atoms with Crippen molar-refractivity contribution in [1.29, 1.82) is 0 Å². The molecule has 2 fully saturated rings. The van der Waals surface area contributed by atoms with Crippen molar-refractivity contribution in [2.75, 3.05) is 11.8 Å². The van der Waals surface area contributed by atoms with E-state index >= 15 is 0 Å². The van der Waals surface area contributed by atoms with E-state index in [0.717, 1.165) is 47.3 Å². The van der Waals surface area contributed by atoms with Crippen LogP contribution < -0.4 is 0 Å². The summed E-state index contributed by atoms with van der Waals surface area (Å²) in [4.78, 5) is 0. The first-order chi connectivity index (χ1) is 11.1. The van der Waals surface area contributed by atoms with Gasteiger partial charge >= 0.3 is 0 Å². The zero-order chi connectivity index (χ0) is 17.2. The molecule has 0 aromatic heterocycles. The third-order valence-electron chi connectivity index (χ3n) is 6.76. The molecule has 2 aliphatic carbocycles. The third kappa shape index (κ3) is 18.9. The summed E-state index contributed by atoms with van der Waals surface area (Å²) < 4.78 is 0. The van der Waals surface area contributed by atoms with Gasteiger partial charge in [0.05, 0.1) is 0 Å². The molecule has 0 saturated heterocycles. The van der Waals surface area contributed by atoms with Crippen LogP contribution in [-0.4, -0.2) is 11.8 Å². The van der Waals surface area contributed by atoms with Gasteiger partial charge in [0.25, 0.3) is 0 Å². The van der Waals surface area contributed by atoms with E-state index in [2.05, 4.69) is 27.7 Å². The maximum absolute atomic E-state index is 5.90. The summed E-state index contributed by atoms with van der Waals surface area (Å²) in [6.07, 6.45) is 12.4. The van der Waals surface area contributed by atoms with Crippen LogP contribution in [0.5, 0.6) is 0 Å². The van der Waals surface area contributed by atoms with Crippen molar-refractivity contribution in [1.82, 2.24) is 0 Å². The zero-order valence-corrected chi connectivity index (χ0v) is 17.5. The summed E-state index contributed by atoms with van der Waals surface area (Å²) in [5, 5.41) is 0. The molecule has 0 bridgehead atoms. The monoisotopic (exact) mass is 507 g/mol. The fraction of sp³-hybridized carbons (Fsp3) is 1.00. The van der Waals surface area contributed by atoms with E-state index in [4.69, 9.17) is 23.2 Å². The van der Waals surface area contributed by atoms with E-state index < -0.39 is 0 Å². The molecule has 0 amide bonds. The first-order valence-corrected chi connectivity index (χ1v) is 11.3. The second kappa shape index (κ2) is 33.8. The Balaban J connectivity index is -0.0000000369. The quantitative estimate of drug-likeness (QED) is 0.300. The lowest BCUT2D eigenvalue weighted by Crippen LogP contribution is -2.07. The van der Waals surface area contributed by atoms with Gasteiger partial charge in [-0.1, -0.05) is 120 Å². The molecule has 0 nitrogen and oxygen atoms in total. The Morgan fingerprint density at radius 2 is 0.781 bits per heavy atom. The van der Waals surface area contributed by atoms with Crippen LogP contribution >= 0.6 is 23.2 Å². The van der Waals surface area contributed by atoms with E-state index in [9.17, 15) is 0 Å². The molecule has 2 rings (SSSR count). The van der Waals surface area contributed by atoms with Gasteiger partial charge in [0.1, 0.15) is 0 Å². The van der Waals surface area contributed by atoms with Crippen LogP contribution in [0.4, 0.5) is 0 Å². The molecule has 2 aliphatic rings. The molecule has 6 atom stereocenters. The predicted octanol–water partition coefficient (Wildman–Crippen LogP) is 13.5. The normalized spacial score (nSPS) is 26.4. The Kier molecular flexibility index (Phi) is 61.6. The molecule has 0 heterocycles. The molecule has 0 N–H and O–H groups in total. The van der Waals surface area contributed by atoms with Crippen LogP contribution in [0.25, 0.3) is 0 Å². The first-order valence-electron chi connectivity index (χ1n) is 10.2. The van der Waals surface area contributed by atoms with Crippen LogP contribution in [0.15, 0.2) is 0 Å². The molecule has 210 valence electrons. The lowest BCUT2D eigenvalue weighted by Gasteiger charge is -2.15. The highest BCUT2D eigenvalue weighted by molar-refractivity contribution is 6.18. The summed E-state index contributed by atoms with van der Waals surface area (Å²) in [5.41, 5.74) is 0. The van der Waals surface area contributed by atoms with Crippen molar-refractivity contribution < 1.29 is 0 Å². The molecule has 6 unspecified atom stereocenters. The van der Waals surface area contributed by atoms with Crippen LogP contribution in [0, 0.1) is 35.5 Å². The number of alkyl halides is 2. The Bertz CT molecular complexity index is 281. The lowest BCUT2D eigenvalue weighted by molar-refractivity contribution is 0.369. The van der Waals surface area contributed by atoms with Gasteiger partial charge in [0.15, 0.2) is 0 Å². The SMILES string of the molecule is C.C.C.C.C.C.C.C.C.CCC1CC(CC)C(CCCl)C1.CCC1CC(CC)C(CCl)C1. The van der Waals surface area contributed by atoms with E-state index in [1.165, 1.54) is 57.8 Å². The second-order valence-corrected chi connectivity index (χ2v) is 8.67. The minimum atomic E-state index is 0. The first kappa shape index (κ1) is 58.4. The molecule has 32 heavy (non-hydrogen) atoms. The Morgan fingerprint density at radius 3 is 1.03 bits per heavy atom. The molecule has 0 aromatic carbocycles. The zero-order valence-electron chi connectivity index (χ0n) is 16.0. The molecular weight excluding hydrogens is 431 g/mol. The molecule has 2 heteroatoms. The van der Waals surface area contributed by atoms with Crippen molar-refractivity contribution in [3.05, 3.63) is 0 Å². The molecule has 0 aliphatic heterocycles. The summed E-state index contributed by atoms with van der Waals surface area (Å²) in [6, 6.07) is 0. The fourth-order valence-corrected chi connectivity index (χ4v) is 5.68. The van der Waals surface area contributed by atoms with Crippen molar-refractivity contribution in [2.45, 2.75) is 152 Å². The molecule has 0 aromatic rings. The lowest BCUT2D eigenvalue weighted by atomic mass is 9.92. The van der Waals surface area contributed by atoms with Gasteiger partial charge in [-0.2, -0.15) is 0 Å². The van der Waals surface area contributed by atoms with Crippen LogP contribution in [0.2, 0.25) is 0 Å².